The van der Waals surface area contributed by atoms with Crippen LogP contribution in [0.5, 0.6) is 0 Å². The van der Waals surface area contributed by atoms with Crippen LogP contribution in [0.3, 0.4) is 0 Å². The summed E-state index contributed by atoms with van der Waals surface area (Å²) in [5.74, 6) is 0. The summed E-state index contributed by atoms with van der Waals surface area (Å²) in [5.41, 5.74) is 1.62. The van der Waals surface area contributed by atoms with Crippen LogP contribution in [0, 0.1) is 6.07 Å². The minimum atomic E-state index is 0.799. The lowest BCUT2D eigenvalue weighted by Gasteiger charge is -1.90. The molecule has 0 amide bonds. The first-order valence-corrected chi connectivity index (χ1v) is 4.23. The fraction of sp³-hybridized carbons (Fsp3) is 0. The molecular weight excluding hydrogens is 174 g/mol. The molecule has 3 heteroatoms. The first kappa shape index (κ1) is 8.56. The van der Waals surface area contributed by atoms with E-state index in [0.29, 0.717) is 0 Å². The second-order valence-corrected chi connectivity index (χ2v) is 2.66. The average molecular weight is 182 g/mol. The molecule has 1 radical (unpaired) electrons. The van der Waals surface area contributed by atoms with Gasteiger partial charge in [0.25, 0.3) is 0 Å². The standard InChI is InChI=1S/C11H8N3/c1-2-4-10(5-3-1)13-14-11-6-8-12-9-7-11/h2-9H/b14-13+. The summed E-state index contributed by atoms with van der Waals surface area (Å²) >= 11 is 0. The predicted octanol–water partition coefficient (Wildman–Crippen LogP) is 3.30. The van der Waals surface area contributed by atoms with Crippen molar-refractivity contribution >= 4 is 11.4 Å². The average Bonchev–Trinajstić information content (AvgIpc) is 2.29. The number of aromatic nitrogens is 1. The first-order chi connectivity index (χ1) is 6.95. The van der Waals surface area contributed by atoms with Gasteiger partial charge in [-0.2, -0.15) is 10.2 Å². The van der Waals surface area contributed by atoms with Gasteiger partial charge in [-0.15, -0.1) is 0 Å². The summed E-state index contributed by atoms with van der Waals surface area (Å²) in [6, 6.07) is 13.8. The summed E-state index contributed by atoms with van der Waals surface area (Å²) < 4.78 is 0. The highest BCUT2D eigenvalue weighted by molar-refractivity contribution is 5.37. The maximum Gasteiger partial charge on any atom is 0.0887 e. The van der Waals surface area contributed by atoms with Gasteiger partial charge in [0.15, 0.2) is 0 Å². The van der Waals surface area contributed by atoms with Crippen LogP contribution in [0.4, 0.5) is 11.4 Å². The quantitative estimate of drug-likeness (QED) is 0.656. The number of rotatable bonds is 2. The largest absolute Gasteiger partial charge is 0.265 e. The number of nitrogens with zero attached hydrogens (tertiary/aromatic N) is 3. The molecule has 0 saturated heterocycles. The molecule has 0 N–H and O–H groups in total. The number of azo groups is 1. The van der Waals surface area contributed by atoms with E-state index < -0.39 is 0 Å². The lowest BCUT2D eigenvalue weighted by atomic mass is 10.3. The Bertz CT molecular complexity index is 368. The van der Waals surface area contributed by atoms with Crippen LogP contribution < -0.4 is 0 Å². The summed E-state index contributed by atoms with van der Waals surface area (Å²) in [6.07, 6.45) is 3.38. The third kappa shape index (κ3) is 2.23. The Kier molecular flexibility index (Phi) is 2.62. The zero-order chi connectivity index (χ0) is 9.64. The van der Waals surface area contributed by atoms with E-state index in [1.165, 1.54) is 0 Å². The highest BCUT2D eigenvalue weighted by Crippen LogP contribution is 2.15. The number of benzene rings is 1. The van der Waals surface area contributed by atoms with Gasteiger partial charge in [-0.3, -0.25) is 4.98 Å². The van der Waals surface area contributed by atoms with Gasteiger partial charge in [-0.05, 0) is 30.3 Å². The molecule has 2 rings (SSSR count). The van der Waals surface area contributed by atoms with Gasteiger partial charge < -0.3 is 0 Å². The number of pyridine rings is 1. The van der Waals surface area contributed by atoms with Crippen LogP contribution in [-0.4, -0.2) is 4.98 Å². The van der Waals surface area contributed by atoms with E-state index in [-0.39, 0.29) is 0 Å². The van der Waals surface area contributed by atoms with Crippen LogP contribution in [0.1, 0.15) is 0 Å². The zero-order valence-electron chi connectivity index (χ0n) is 7.46. The maximum atomic E-state index is 4.05. The molecule has 2 aromatic rings. The van der Waals surface area contributed by atoms with Crippen molar-refractivity contribution in [2.45, 2.75) is 0 Å². The van der Waals surface area contributed by atoms with Crippen molar-refractivity contribution in [1.82, 2.24) is 4.98 Å². The lowest BCUT2D eigenvalue weighted by molar-refractivity contribution is 1.21. The van der Waals surface area contributed by atoms with Crippen molar-refractivity contribution in [3.63, 3.8) is 0 Å². The van der Waals surface area contributed by atoms with E-state index in [9.17, 15) is 0 Å². The van der Waals surface area contributed by atoms with Crippen molar-refractivity contribution in [2.75, 3.05) is 0 Å². The van der Waals surface area contributed by atoms with Gasteiger partial charge in [-0.25, -0.2) is 0 Å². The monoisotopic (exact) mass is 182 g/mol. The summed E-state index contributed by atoms with van der Waals surface area (Å²) in [5, 5.41) is 8.10. The van der Waals surface area contributed by atoms with Crippen LogP contribution >= 0.6 is 0 Å². The molecule has 0 spiro atoms. The van der Waals surface area contributed by atoms with Crippen LogP contribution in [-0.2, 0) is 0 Å². The van der Waals surface area contributed by atoms with Crippen LogP contribution in [0.15, 0.2) is 59.0 Å². The zero-order valence-corrected chi connectivity index (χ0v) is 7.46. The second-order valence-electron chi connectivity index (χ2n) is 2.66. The Labute approximate surface area is 82.2 Å². The molecule has 3 nitrogen and oxygen atoms in total. The van der Waals surface area contributed by atoms with E-state index in [2.05, 4.69) is 21.3 Å². The summed E-state index contributed by atoms with van der Waals surface area (Å²) in [4.78, 5) is 3.89. The Hall–Kier alpha value is -2.03. The van der Waals surface area contributed by atoms with Crippen molar-refractivity contribution in [3.05, 3.63) is 54.9 Å². The van der Waals surface area contributed by atoms with Gasteiger partial charge in [0.1, 0.15) is 0 Å². The van der Waals surface area contributed by atoms with Crippen molar-refractivity contribution in [1.29, 1.82) is 0 Å². The molecule has 0 saturated carbocycles. The van der Waals surface area contributed by atoms with E-state index in [4.69, 9.17) is 0 Å². The molecule has 1 aromatic carbocycles. The fourth-order valence-electron chi connectivity index (χ4n) is 0.971. The number of hydrogen-bond acceptors (Lipinski definition) is 3. The Morgan fingerprint density at radius 1 is 0.857 bits per heavy atom. The van der Waals surface area contributed by atoms with Gasteiger partial charge in [-0.1, -0.05) is 12.1 Å². The van der Waals surface area contributed by atoms with E-state index >= 15 is 0 Å². The molecule has 0 unspecified atom stereocenters. The van der Waals surface area contributed by atoms with Gasteiger partial charge in [0.05, 0.1) is 11.4 Å². The minimum absolute atomic E-state index is 0.799. The highest BCUT2D eigenvalue weighted by atomic mass is 15.1. The van der Waals surface area contributed by atoms with Gasteiger partial charge in [0.2, 0.25) is 0 Å². The molecule has 1 heterocycles. The summed E-state index contributed by atoms with van der Waals surface area (Å²) in [6.45, 7) is 0. The lowest BCUT2D eigenvalue weighted by Crippen LogP contribution is -1.66. The van der Waals surface area contributed by atoms with Crippen LogP contribution in [0.2, 0.25) is 0 Å². The SMILES string of the molecule is [c]1ccc(/N=N/c2ccncc2)cc1. The van der Waals surface area contributed by atoms with E-state index in [0.717, 1.165) is 11.4 Å². The van der Waals surface area contributed by atoms with E-state index in [1.54, 1.807) is 36.7 Å². The Morgan fingerprint density at radius 3 is 2.07 bits per heavy atom. The molecule has 0 aliphatic rings. The third-order valence-corrected chi connectivity index (χ3v) is 1.64. The van der Waals surface area contributed by atoms with Gasteiger partial charge in [0, 0.05) is 12.4 Å². The topological polar surface area (TPSA) is 37.6 Å². The van der Waals surface area contributed by atoms with Crippen molar-refractivity contribution in [3.8, 4) is 0 Å². The Morgan fingerprint density at radius 2 is 1.43 bits per heavy atom. The first-order valence-electron chi connectivity index (χ1n) is 4.23. The summed E-state index contributed by atoms with van der Waals surface area (Å²) in [7, 11) is 0. The highest BCUT2D eigenvalue weighted by Gasteiger charge is 1.87. The molecular formula is C11H8N3. The molecule has 0 atom stereocenters. The fourth-order valence-corrected chi connectivity index (χ4v) is 0.971. The molecule has 67 valence electrons. The molecule has 0 aliphatic carbocycles. The maximum absolute atomic E-state index is 4.05. The van der Waals surface area contributed by atoms with Gasteiger partial charge >= 0.3 is 0 Å². The molecule has 14 heavy (non-hydrogen) atoms. The molecule has 0 aliphatic heterocycles. The van der Waals surface area contributed by atoms with Crippen molar-refractivity contribution in [2.24, 2.45) is 10.2 Å². The third-order valence-electron chi connectivity index (χ3n) is 1.64. The molecule has 0 bridgehead atoms. The molecule has 1 aromatic heterocycles. The Balaban J connectivity index is 2.16. The van der Waals surface area contributed by atoms with Crippen molar-refractivity contribution < 1.29 is 0 Å². The predicted molar refractivity (Wildman–Crippen MR) is 53.7 cm³/mol. The second kappa shape index (κ2) is 4.28. The molecule has 0 fully saturated rings. The van der Waals surface area contributed by atoms with Crippen LogP contribution in [0.25, 0.3) is 0 Å². The number of hydrogen-bond donors (Lipinski definition) is 0. The minimum Gasteiger partial charge on any atom is -0.265 e. The smallest absolute Gasteiger partial charge is 0.0887 e. The normalized spacial score (nSPS) is 10.6. The van der Waals surface area contributed by atoms with E-state index in [1.807, 2.05) is 12.1 Å².